The summed E-state index contributed by atoms with van der Waals surface area (Å²) in [6.45, 7) is 4.82. The molecular weight excluding hydrogens is 394 g/mol. The van der Waals surface area contributed by atoms with Crippen LogP contribution >= 0.6 is 0 Å². The smallest absolute Gasteiger partial charge is 0.331 e. The average Bonchev–Trinajstić information content (AvgIpc) is 3.22. The van der Waals surface area contributed by atoms with Crippen LogP contribution in [0.3, 0.4) is 0 Å². The Labute approximate surface area is 181 Å². The fourth-order valence-electron chi connectivity index (χ4n) is 3.07. The minimum Gasteiger partial charge on any atom is -0.490 e. The number of Topliss-reactive ketones (excluding diaryl/α,β-unsaturated/α-hetero) is 1. The molecule has 3 aromatic rings. The Morgan fingerprint density at radius 3 is 2.68 bits per heavy atom. The van der Waals surface area contributed by atoms with Crippen molar-refractivity contribution < 1.29 is 23.8 Å². The molecule has 0 atom stereocenters. The fraction of sp³-hybridized carbons (Fsp3) is 0.280. The summed E-state index contributed by atoms with van der Waals surface area (Å²) < 4.78 is 16.5. The number of H-pyrrole nitrogens is 1. The number of ketones is 1. The van der Waals surface area contributed by atoms with E-state index < -0.39 is 5.97 Å². The van der Waals surface area contributed by atoms with E-state index in [9.17, 15) is 9.59 Å². The number of benzene rings is 2. The van der Waals surface area contributed by atoms with E-state index in [2.05, 4.69) is 11.9 Å². The van der Waals surface area contributed by atoms with Crippen LogP contribution in [0.15, 0.2) is 54.7 Å². The number of unbranched alkanes of at least 4 members (excludes halogenated alkanes) is 1. The number of fused-ring (bicyclic) bond motifs is 1. The Morgan fingerprint density at radius 2 is 1.87 bits per heavy atom. The predicted molar refractivity (Wildman–Crippen MR) is 121 cm³/mol. The maximum atomic E-state index is 12.4. The van der Waals surface area contributed by atoms with Gasteiger partial charge in [-0.3, -0.25) is 4.79 Å². The van der Waals surface area contributed by atoms with Gasteiger partial charge in [0, 0.05) is 28.7 Å². The number of aromatic nitrogens is 1. The van der Waals surface area contributed by atoms with Crippen LogP contribution in [-0.4, -0.2) is 36.6 Å². The van der Waals surface area contributed by atoms with Crippen molar-refractivity contribution in [1.82, 2.24) is 4.98 Å². The van der Waals surface area contributed by atoms with Gasteiger partial charge in [0.2, 0.25) is 5.78 Å². The van der Waals surface area contributed by atoms with Gasteiger partial charge >= 0.3 is 5.97 Å². The Kier molecular flexibility index (Phi) is 7.87. The number of para-hydroxylation sites is 1. The Morgan fingerprint density at radius 1 is 1.03 bits per heavy atom. The minimum absolute atomic E-state index is 0.258. The Balaban J connectivity index is 1.58. The second-order valence-electron chi connectivity index (χ2n) is 6.95. The zero-order valence-corrected chi connectivity index (χ0v) is 17.9. The van der Waals surface area contributed by atoms with Crippen LogP contribution in [0.5, 0.6) is 11.5 Å². The maximum Gasteiger partial charge on any atom is 0.331 e. The molecule has 0 aliphatic heterocycles. The number of carbonyl (C=O) groups excluding carboxylic acids is 2. The predicted octanol–water partition coefficient (Wildman–Crippen LogP) is 5.18. The molecule has 0 saturated heterocycles. The molecule has 0 aliphatic carbocycles. The lowest BCUT2D eigenvalue weighted by Crippen LogP contribution is -2.12. The van der Waals surface area contributed by atoms with E-state index in [-0.39, 0.29) is 12.4 Å². The van der Waals surface area contributed by atoms with Gasteiger partial charge in [-0.1, -0.05) is 37.6 Å². The first-order valence-electron chi connectivity index (χ1n) is 10.5. The molecule has 1 N–H and O–H groups in total. The number of esters is 1. The summed E-state index contributed by atoms with van der Waals surface area (Å²) in [6.07, 6.45) is 6.57. The molecule has 31 heavy (non-hydrogen) atoms. The highest BCUT2D eigenvalue weighted by molar-refractivity contribution is 6.09. The van der Waals surface area contributed by atoms with E-state index in [1.165, 1.54) is 6.08 Å². The third-order valence-corrected chi connectivity index (χ3v) is 4.67. The number of rotatable bonds is 11. The van der Waals surface area contributed by atoms with Crippen molar-refractivity contribution in [3.8, 4) is 11.5 Å². The van der Waals surface area contributed by atoms with Crippen molar-refractivity contribution in [3.63, 3.8) is 0 Å². The Hall–Kier alpha value is -3.54. The minimum atomic E-state index is -0.588. The molecule has 0 radical (unpaired) electrons. The van der Waals surface area contributed by atoms with Crippen LogP contribution in [-0.2, 0) is 9.53 Å². The molecule has 0 unspecified atom stereocenters. The summed E-state index contributed by atoms with van der Waals surface area (Å²) in [6, 6.07) is 13.0. The van der Waals surface area contributed by atoms with Gasteiger partial charge in [-0.15, -0.1) is 0 Å². The average molecular weight is 421 g/mol. The van der Waals surface area contributed by atoms with Gasteiger partial charge < -0.3 is 19.2 Å². The highest BCUT2D eigenvalue weighted by Gasteiger charge is 2.13. The standard InChI is InChI=1S/C25H27NO5/c1-3-5-14-30-23-12-10-18(15-24(23)29-4-2)11-13-25(28)31-17-22(27)20-16-26-21-9-7-6-8-19(20)21/h6-13,15-16,26H,3-5,14,17H2,1-2H3/b13-11+. The lowest BCUT2D eigenvalue weighted by molar-refractivity contribution is -0.136. The van der Waals surface area contributed by atoms with E-state index in [4.69, 9.17) is 14.2 Å². The van der Waals surface area contributed by atoms with Crippen molar-refractivity contribution in [2.45, 2.75) is 26.7 Å². The first kappa shape index (κ1) is 22.2. The van der Waals surface area contributed by atoms with E-state index in [1.807, 2.05) is 49.4 Å². The highest BCUT2D eigenvalue weighted by atomic mass is 16.5. The van der Waals surface area contributed by atoms with E-state index in [0.717, 1.165) is 29.3 Å². The second-order valence-corrected chi connectivity index (χ2v) is 6.95. The summed E-state index contributed by atoms with van der Waals surface area (Å²) in [5.41, 5.74) is 2.14. The summed E-state index contributed by atoms with van der Waals surface area (Å²) in [5.74, 6) is 0.462. The highest BCUT2D eigenvalue weighted by Crippen LogP contribution is 2.29. The van der Waals surface area contributed by atoms with Crippen LogP contribution < -0.4 is 9.47 Å². The third kappa shape index (κ3) is 5.98. The van der Waals surface area contributed by atoms with Crippen molar-refractivity contribution in [2.24, 2.45) is 0 Å². The zero-order valence-electron chi connectivity index (χ0n) is 17.9. The molecular formula is C25H27NO5. The van der Waals surface area contributed by atoms with Gasteiger partial charge in [0.25, 0.3) is 0 Å². The van der Waals surface area contributed by atoms with Gasteiger partial charge in [0.1, 0.15) is 0 Å². The molecule has 6 heteroatoms. The number of ether oxygens (including phenoxy) is 3. The molecule has 1 aromatic heterocycles. The van der Waals surface area contributed by atoms with Crippen molar-refractivity contribution >= 4 is 28.7 Å². The quantitative estimate of drug-likeness (QED) is 0.200. The summed E-state index contributed by atoms with van der Waals surface area (Å²) in [4.78, 5) is 27.5. The van der Waals surface area contributed by atoms with Gasteiger partial charge in [-0.05, 0) is 43.2 Å². The van der Waals surface area contributed by atoms with E-state index in [1.54, 1.807) is 12.3 Å². The molecule has 0 amide bonds. The lowest BCUT2D eigenvalue weighted by Gasteiger charge is -2.12. The lowest BCUT2D eigenvalue weighted by atomic mass is 10.1. The van der Waals surface area contributed by atoms with Crippen LogP contribution in [0.1, 0.15) is 42.6 Å². The van der Waals surface area contributed by atoms with Crippen LogP contribution in [0, 0.1) is 0 Å². The van der Waals surface area contributed by atoms with Gasteiger partial charge in [-0.2, -0.15) is 0 Å². The number of nitrogens with one attached hydrogen (secondary N) is 1. The van der Waals surface area contributed by atoms with Crippen LogP contribution in [0.2, 0.25) is 0 Å². The third-order valence-electron chi connectivity index (χ3n) is 4.67. The number of carbonyl (C=O) groups is 2. The van der Waals surface area contributed by atoms with Gasteiger partial charge in [0.05, 0.1) is 13.2 Å². The maximum absolute atomic E-state index is 12.4. The first-order valence-corrected chi connectivity index (χ1v) is 10.5. The normalized spacial score (nSPS) is 11.0. The molecule has 3 rings (SSSR count). The second kappa shape index (κ2) is 11.0. The summed E-state index contributed by atoms with van der Waals surface area (Å²) >= 11 is 0. The molecule has 162 valence electrons. The number of aromatic amines is 1. The molecule has 1 heterocycles. The number of hydrogen-bond donors (Lipinski definition) is 1. The van der Waals surface area contributed by atoms with E-state index in [0.29, 0.717) is 30.3 Å². The monoisotopic (exact) mass is 421 g/mol. The molecule has 0 bridgehead atoms. The van der Waals surface area contributed by atoms with Crippen LogP contribution in [0.4, 0.5) is 0 Å². The van der Waals surface area contributed by atoms with Crippen molar-refractivity contribution in [3.05, 3.63) is 65.9 Å². The SMILES string of the molecule is CCCCOc1ccc(/C=C/C(=O)OCC(=O)c2c[nH]c3ccccc23)cc1OCC. The molecule has 0 saturated carbocycles. The van der Waals surface area contributed by atoms with Gasteiger partial charge in [-0.25, -0.2) is 4.79 Å². The van der Waals surface area contributed by atoms with Gasteiger partial charge in [0.15, 0.2) is 18.1 Å². The summed E-state index contributed by atoms with van der Waals surface area (Å²) in [5, 5.41) is 0.809. The van der Waals surface area contributed by atoms with Crippen molar-refractivity contribution in [1.29, 1.82) is 0 Å². The summed E-state index contributed by atoms with van der Waals surface area (Å²) in [7, 11) is 0. The number of hydrogen-bond acceptors (Lipinski definition) is 5. The zero-order chi connectivity index (χ0) is 22.1. The van der Waals surface area contributed by atoms with Crippen molar-refractivity contribution in [2.75, 3.05) is 19.8 Å². The molecule has 6 nitrogen and oxygen atoms in total. The molecule has 2 aromatic carbocycles. The molecule has 0 fully saturated rings. The topological polar surface area (TPSA) is 77.6 Å². The van der Waals surface area contributed by atoms with E-state index >= 15 is 0 Å². The Bertz CT molecular complexity index is 1070. The van der Waals surface area contributed by atoms with Crippen LogP contribution in [0.25, 0.3) is 17.0 Å². The molecule has 0 spiro atoms. The fourth-order valence-corrected chi connectivity index (χ4v) is 3.07. The largest absolute Gasteiger partial charge is 0.490 e. The molecule has 0 aliphatic rings. The first-order chi connectivity index (χ1) is 15.1.